The Morgan fingerprint density at radius 2 is 1.73 bits per heavy atom. The first-order valence-electron chi connectivity index (χ1n) is 7.67. The molecule has 22 heavy (non-hydrogen) atoms. The SMILES string of the molecule is CC=C(C)C(=O)Nc1c(-c2ccccc2)cccc1C(C)C. The van der Waals surface area contributed by atoms with Crippen molar-refractivity contribution in [3.8, 4) is 11.1 Å². The number of rotatable bonds is 4. The molecular formula is C20H23NO. The summed E-state index contributed by atoms with van der Waals surface area (Å²) in [6, 6.07) is 16.4. The van der Waals surface area contributed by atoms with E-state index in [-0.39, 0.29) is 5.91 Å². The second-order valence-electron chi connectivity index (χ2n) is 5.72. The first kappa shape index (κ1) is 16.0. The molecule has 1 N–H and O–H groups in total. The fourth-order valence-corrected chi connectivity index (χ4v) is 2.39. The summed E-state index contributed by atoms with van der Waals surface area (Å²) in [6.07, 6.45) is 1.83. The Balaban J connectivity index is 2.55. The van der Waals surface area contributed by atoms with Crippen LogP contribution in [0.15, 0.2) is 60.2 Å². The molecule has 0 aliphatic carbocycles. The van der Waals surface area contributed by atoms with Crippen LogP contribution in [0.1, 0.15) is 39.2 Å². The molecule has 1 amide bonds. The Kier molecular flexibility index (Phi) is 5.16. The highest BCUT2D eigenvalue weighted by Crippen LogP contribution is 2.35. The number of para-hydroxylation sites is 1. The molecule has 0 saturated carbocycles. The molecule has 0 aliphatic heterocycles. The van der Waals surface area contributed by atoms with Gasteiger partial charge in [0.05, 0.1) is 5.69 Å². The number of nitrogens with one attached hydrogen (secondary N) is 1. The lowest BCUT2D eigenvalue weighted by molar-refractivity contribution is -0.112. The Hall–Kier alpha value is -2.35. The van der Waals surface area contributed by atoms with Gasteiger partial charge in [-0.25, -0.2) is 0 Å². The maximum Gasteiger partial charge on any atom is 0.250 e. The number of hydrogen-bond donors (Lipinski definition) is 1. The number of allylic oxidation sites excluding steroid dienone is 1. The highest BCUT2D eigenvalue weighted by atomic mass is 16.1. The maximum absolute atomic E-state index is 12.3. The van der Waals surface area contributed by atoms with Gasteiger partial charge in [-0.05, 0) is 30.9 Å². The van der Waals surface area contributed by atoms with E-state index in [0.717, 1.165) is 28.0 Å². The standard InChI is InChI=1S/C20H23NO/c1-5-15(4)20(22)21-19-17(14(2)3)12-9-13-18(19)16-10-7-6-8-11-16/h5-14H,1-4H3,(H,21,22). The van der Waals surface area contributed by atoms with E-state index in [0.29, 0.717) is 5.92 Å². The van der Waals surface area contributed by atoms with Crippen LogP contribution in [0.3, 0.4) is 0 Å². The average Bonchev–Trinajstić information content (AvgIpc) is 2.54. The van der Waals surface area contributed by atoms with Gasteiger partial charge in [-0.3, -0.25) is 4.79 Å². The third-order valence-electron chi connectivity index (χ3n) is 3.83. The Bertz CT molecular complexity index is 684. The van der Waals surface area contributed by atoms with Gasteiger partial charge in [0.25, 0.3) is 5.91 Å². The molecule has 2 rings (SSSR count). The molecule has 0 fully saturated rings. The second kappa shape index (κ2) is 7.08. The van der Waals surface area contributed by atoms with Gasteiger partial charge in [-0.15, -0.1) is 0 Å². The van der Waals surface area contributed by atoms with Crippen LogP contribution in [0, 0.1) is 0 Å². The summed E-state index contributed by atoms with van der Waals surface area (Å²) in [7, 11) is 0. The maximum atomic E-state index is 12.3. The molecule has 2 heteroatoms. The zero-order valence-electron chi connectivity index (χ0n) is 13.7. The molecular weight excluding hydrogens is 270 g/mol. The van der Waals surface area contributed by atoms with Crippen LogP contribution in [0.25, 0.3) is 11.1 Å². The number of anilines is 1. The zero-order valence-corrected chi connectivity index (χ0v) is 13.7. The number of hydrogen-bond acceptors (Lipinski definition) is 1. The third-order valence-corrected chi connectivity index (χ3v) is 3.83. The molecule has 114 valence electrons. The van der Waals surface area contributed by atoms with Crippen LogP contribution in [-0.4, -0.2) is 5.91 Å². The van der Waals surface area contributed by atoms with Crippen molar-refractivity contribution in [2.45, 2.75) is 33.6 Å². The minimum Gasteiger partial charge on any atom is -0.321 e. The summed E-state index contributed by atoms with van der Waals surface area (Å²) in [4.78, 5) is 12.3. The zero-order chi connectivity index (χ0) is 16.1. The Labute approximate surface area is 132 Å². The van der Waals surface area contributed by atoms with E-state index < -0.39 is 0 Å². The summed E-state index contributed by atoms with van der Waals surface area (Å²) in [5.74, 6) is 0.289. The summed E-state index contributed by atoms with van der Waals surface area (Å²) in [5.41, 5.74) is 4.95. The van der Waals surface area contributed by atoms with Crippen molar-refractivity contribution >= 4 is 11.6 Å². The van der Waals surface area contributed by atoms with E-state index in [9.17, 15) is 4.79 Å². The van der Waals surface area contributed by atoms with Crippen LogP contribution in [0.4, 0.5) is 5.69 Å². The molecule has 0 radical (unpaired) electrons. The van der Waals surface area contributed by atoms with Crippen molar-refractivity contribution in [1.82, 2.24) is 0 Å². The lowest BCUT2D eigenvalue weighted by Crippen LogP contribution is -2.15. The van der Waals surface area contributed by atoms with Crippen molar-refractivity contribution in [2.24, 2.45) is 0 Å². The predicted octanol–water partition coefficient (Wildman–Crippen LogP) is 5.38. The lowest BCUT2D eigenvalue weighted by Gasteiger charge is -2.18. The largest absolute Gasteiger partial charge is 0.321 e. The molecule has 2 aromatic rings. The van der Waals surface area contributed by atoms with Crippen molar-refractivity contribution in [3.63, 3.8) is 0 Å². The lowest BCUT2D eigenvalue weighted by atomic mass is 9.94. The molecule has 0 saturated heterocycles. The topological polar surface area (TPSA) is 29.1 Å². The quantitative estimate of drug-likeness (QED) is 0.753. The molecule has 0 aliphatic rings. The molecule has 0 atom stereocenters. The molecule has 0 heterocycles. The predicted molar refractivity (Wildman–Crippen MR) is 94.0 cm³/mol. The van der Waals surface area contributed by atoms with Crippen molar-refractivity contribution in [2.75, 3.05) is 5.32 Å². The van der Waals surface area contributed by atoms with Crippen LogP contribution >= 0.6 is 0 Å². The average molecular weight is 293 g/mol. The van der Waals surface area contributed by atoms with Crippen molar-refractivity contribution in [1.29, 1.82) is 0 Å². The van der Waals surface area contributed by atoms with Gasteiger partial charge in [0.1, 0.15) is 0 Å². The Morgan fingerprint density at radius 3 is 2.32 bits per heavy atom. The van der Waals surface area contributed by atoms with Gasteiger partial charge in [0.2, 0.25) is 0 Å². The van der Waals surface area contributed by atoms with E-state index >= 15 is 0 Å². The minimum atomic E-state index is -0.0484. The molecule has 2 aromatic carbocycles. The number of carbonyl (C=O) groups is 1. The first-order chi connectivity index (χ1) is 10.5. The van der Waals surface area contributed by atoms with Crippen LogP contribution in [0.5, 0.6) is 0 Å². The number of amides is 1. The third kappa shape index (κ3) is 3.45. The summed E-state index contributed by atoms with van der Waals surface area (Å²) >= 11 is 0. The summed E-state index contributed by atoms with van der Waals surface area (Å²) in [6.45, 7) is 7.99. The highest BCUT2D eigenvalue weighted by molar-refractivity contribution is 6.06. The van der Waals surface area contributed by atoms with Gasteiger partial charge in [0.15, 0.2) is 0 Å². The Morgan fingerprint density at radius 1 is 1.05 bits per heavy atom. The highest BCUT2D eigenvalue weighted by Gasteiger charge is 2.15. The first-order valence-corrected chi connectivity index (χ1v) is 7.67. The molecule has 2 nitrogen and oxygen atoms in total. The second-order valence-corrected chi connectivity index (χ2v) is 5.72. The van der Waals surface area contributed by atoms with Gasteiger partial charge in [-0.2, -0.15) is 0 Å². The van der Waals surface area contributed by atoms with Crippen LogP contribution in [-0.2, 0) is 4.79 Å². The fourth-order valence-electron chi connectivity index (χ4n) is 2.39. The number of carbonyl (C=O) groups excluding carboxylic acids is 1. The van der Waals surface area contributed by atoms with E-state index in [4.69, 9.17) is 0 Å². The van der Waals surface area contributed by atoms with E-state index in [1.165, 1.54) is 0 Å². The monoisotopic (exact) mass is 293 g/mol. The van der Waals surface area contributed by atoms with Crippen molar-refractivity contribution < 1.29 is 4.79 Å². The summed E-state index contributed by atoms with van der Waals surface area (Å²) in [5, 5.41) is 3.10. The number of benzene rings is 2. The molecule has 0 unspecified atom stereocenters. The molecule has 0 spiro atoms. The van der Waals surface area contributed by atoms with Crippen LogP contribution < -0.4 is 5.32 Å². The van der Waals surface area contributed by atoms with Gasteiger partial charge < -0.3 is 5.32 Å². The van der Waals surface area contributed by atoms with Gasteiger partial charge in [0, 0.05) is 11.1 Å². The van der Waals surface area contributed by atoms with Crippen LogP contribution in [0.2, 0.25) is 0 Å². The molecule has 0 aromatic heterocycles. The van der Waals surface area contributed by atoms with Gasteiger partial charge >= 0.3 is 0 Å². The fraction of sp³-hybridized carbons (Fsp3) is 0.250. The van der Waals surface area contributed by atoms with E-state index in [2.05, 4.69) is 49.5 Å². The minimum absolute atomic E-state index is 0.0484. The summed E-state index contributed by atoms with van der Waals surface area (Å²) < 4.78 is 0. The van der Waals surface area contributed by atoms with Crippen molar-refractivity contribution in [3.05, 3.63) is 65.7 Å². The van der Waals surface area contributed by atoms with E-state index in [1.54, 1.807) is 0 Å². The van der Waals surface area contributed by atoms with Gasteiger partial charge in [-0.1, -0.05) is 68.5 Å². The van der Waals surface area contributed by atoms with E-state index in [1.807, 2.05) is 38.1 Å². The molecule has 0 bridgehead atoms. The normalized spacial score (nSPS) is 11.6. The smallest absolute Gasteiger partial charge is 0.250 e.